The van der Waals surface area contributed by atoms with E-state index in [0.29, 0.717) is 45.6 Å². The summed E-state index contributed by atoms with van der Waals surface area (Å²) in [5.74, 6) is -0.817. The van der Waals surface area contributed by atoms with Gasteiger partial charge in [-0.1, -0.05) is 12.1 Å². The number of aliphatic hydroxyl groups is 3. The van der Waals surface area contributed by atoms with E-state index < -0.39 is 30.1 Å². The number of carbonyl (C=O) groups excluding carboxylic acids is 2. The Morgan fingerprint density at radius 3 is 2.69 bits per heavy atom. The summed E-state index contributed by atoms with van der Waals surface area (Å²) in [6.07, 6.45) is 0.136. The fraction of sp³-hybridized carbons (Fsp3) is 0.467. The summed E-state index contributed by atoms with van der Waals surface area (Å²) in [6, 6.07) is 8.62. The van der Waals surface area contributed by atoms with Gasteiger partial charge >= 0.3 is 0 Å². The van der Waals surface area contributed by atoms with E-state index in [-0.39, 0.29) is 56.6 Å². The number of aliphatic hydroxyl groups excluding tert-OH is 3. The van der Waals surface area contributed by atoms with Gasteiger partial charge in [-0.25, -0.2) is 4.39 Å². The lowest BCUT2D eigenvalue weighted by molar-refractivity contribution is -0.142. The number of amides is 2. The molecule has 0 spiro atoms. The van der Waals surface area contributed by atoms with Gasteiger partial charge < -0.3 is 39.7 Å². The summed E-state index contributed by atoms with van der Waals surface area (Å²) < 4.78 is 31.8. The molecule has 4 rings (SSSR count). The lowest BCUT2D eigenvalue weighted by Gasteiger charge is -2.41. The van der Waals surface area contributed by atoms with Crippen LogP contribution in [0.2, 0.25) is 0 Å². The molecule has 12 heteroatoms. The number of ether oxygens (including phenoxy) is 3. The third-order valence-corrected chi connectivity index (χ3v) is 8.23. The van der Waals surface area contributed by atoms with Crippen LogP contribution in [-0.4, -0.2) is 90.3 Å². The van der Waals surface area contributed by atoms with Crippen LogP contribution in [-0.2, 0) is 27.4 Å². The van der Waals surface area contributed by atoms with E-state index in [1.807, 2.05) is 22.6 Å². The largest absolute Gasteiger partial charge is 0.493 e. The Bertz CT molecular complexity index is 1290. The maximum absolute atomic E-state index is 13.9. The molecule has 2 aliphatic rings. The maximum atomic E-state index is 13.9. The van der Waals surface area contributed by atoms with E-state index in [1.165, 1.54) is 25.3 Å². The zero-order valence-electron chi connectivity index (χ0n) is 23.3. The molecule has 1 aliphatic heterocycles. The van der Waals surface area contributed by atoms with Crippen LogP contribution in [0.5, 0.6) is 11.5 Å². The van der Waals surface area contributed by atoms with E-state index in [2.05, 4.69) is 5.32 Å². The van der Waals surface area contributed by atoms with Crippen LogP contribution in [0.25, 0.3) is 0 Å². The highest BCUT2D eigenvalue weighted by Crippen LogP contribution is 2.37. The minimum atomic E-state index is -1.24. The molecule has 228 valence electrons. The van der Waals surface area contributed by atoms with Crippen LogP contribution in [0.15, 0.2) is 48.0 Å². The highest BCUT2D eigenvalue weighted by Gasteiger charge is 2.42. The molecule has 0 saturated carbocycles. The molecule has 1 aliphatic carbocycles. The number of methoxy groups -OCH3 is 1. The van der Waals surface area contributed by atoms with Crippen molar-refractivity contribution < 1.29 is 43.5 Å². The van der Waals surface area contributed by atoms with E-state index in [4.69, 9.17) is 14.2 Å². The van der Waals surface area contributed by atoms with Crippen LogP contribution >= 0.6 is 22.6 Å². The lowest BCUT2D eigenvalue weighted by atomic mass is 9.87. The normalized spacial score (nSPS) is 21.9. The molecular weight excluding hydrogens is 662 g/mol. The number of rotatable bonds is 12. The minimum absolute atomic E-state index is 0.0326. The monoisotopic (exact) mass is 698 g/mol. The highest BCUT2D eigenvalue weighted by atomic mass is 127. The maximum Gasteiger partial charge on any atom is 0.247 e. The van der Waals surface area contributed by atoms with Crippen molar-refractivity contribution in [1.82, 2.24) is 10.2 Å². The van der Waals surface area contributed by atoms with E-state index in [9.17, 15) is 29.3 Å². The van der Waals surface area contributed by atoms with Crippen molar-refractivity contribution in [3.8, 4) is 11.5 Å². The van der Waals surface area contributed by atoms with Crippen molar-refractivity contribution in [2.45, 2.75) is 44.1 Å². The third kappa shape index (κ3) is 7.78. The number of halogens is 2. The van der Waals surface area contributed by atoms with E-state index in [0.717, 1.165) is 0 Å². The number of carbonyl (C=O) groups is 2. The standard InChI is InChI=1S/C30H36FIN2O8/c1-40-26-13-19(16-36)12-23(32)28(26)42-25-15-21(29(38)33-7-9-35)14-24(27(25)37)34(30(39)20-6-10-41-17-20)8-5-18-3-2-4-22(31)11-18/h2-4,11-13,15,20,24-25,27,35-37H,5-10,14,16-17H2,1H3,(H,33,38)/t20?,24-,25+,27+/m1/s1. The van der Waals surface area contributed by atoms with Gasteiger partial charge in [0.1, 0.15) is 18.0 Å². The average molecular weight is 699 g/mol. The van der Waals surface area contributed by atoms with Gasteiger partial charge in [-0.05, 0) is 76.9 Å². The molecule has 10 nitrogen and oxygen atoms in total. The Hall–Kier alpha value is -2.78. The summed E-state index contributed by atoms with van der Waals surface area (Å²) in [4.78, 5) is 28.5. The first kappa shape index (κ1) is 32.1. The fourth-order valence-corrected chi connectivity index (χ4v) is 6.03. The number of hydrogen-bond acceptors (Lipinski definition) is 8. The van der Waals surface area contributed by atoms with Gasteiger partial charge in [-0.2, -0.15) is 0 Å². The molecule has 0 aromatic heterocycles. The van der Waals surface area contributed by atoms with Crippen molar-refractivity contribution >= 4 is 34.4 Å². The van der Waals surface area contributed by atoms with Crippen molar-refractivity contribution in [2.24, 2.45) is 5.92 Å². The van der Waals surface area contributed by atoms with Gasteiger partial charge in [0.25, 0.3) is 0 Å². The Labute approximate surface area is 257 Å². The Morgan fingerprint density at radius 1 is 1.21 bits per heavy atom. The number of hydrogen-bond donors (Lipinski definition) is 4. The van der Waals surface area contributed by atoms with Gasteiger partial charge in [-0.15, -0.1) is 0 Å². The Kier molecular flexibility index (Phi) is 11.6. The van der Waals surface area contributed by atoms with Gasteiger partial charge in [0.2, 0.25) is 11.8 Å². The van der Waals surface area contributed by atoms with Crippen molar-refractivity contribution in [3.63, 3.8) is 0 Å². The van der Waals surface area contributed by atoms with Crippen LogP contribution < -0.4 is 14.8 Å². The quantitative estimate of drug-likeness (QED) is 0.247. The average Bonchev–Trinajstić information content (AvgIpc) is 3.53. The van der Waals surface area contributed by atoms with Crippen LogP contribution in [0.1, 0.15) is 24.0 Å². The minimum Gasteiger partial charge on any atom is -0.493 e. The molecular formula is C30H36FIN2O8. The molecule has 2 aromatic carbocycles. The number of nitrogens with zero attached hydrogens (tertiary/aromatic N) is 1. The molecule has 1 unspecified atom stereocenters. The van der Waals surface area contributed by atoms with E-state index >= 15 is 0 Å². The second kappa shape index (κ2) is 15.1. The highest BCUT2D eigenvalue weighted by molar-refractivity contribution is 14.1. The molecule has 0 radical (unpaired) electrons. The topological polar surface area (TPSA) is 138 Å². The van der Waals surface area contributed by atoms with Gasteiger partial charge in [-0.3, -0.25) is 9.59 Å². The molecule has 1 heterocycles. The van der Waals surface area contributed by atoms with Gasteiger partial charge in [0, 0.05) is 31.7 Å². The smallest absolute Gasteiger partial charge is 0.247 e. The van der Waals surface area contributed by atoms with Gasteiger partial charge in [0.15, 0.2) is 11.5 Å². The summed E-state index contributed by atoms with van der Waals surface area (Å²) in [6.45, 7) is 0.449. The summed E-state index contributed by atoms with van der Waals surface area (Å²) >= 11 is 2.04. The van der Waals surface area contributed by atoms with Crippen LogP contribution in [0.4, 0.5) is 4.39 Å². The fourth-order valence-electron chi connectivity index (χ4n) is 5.24. The zero-order valence-corrected chi connectivity index (χ0v) is 25.5. The summed E-state index contributed by atoms with van der Waals surface area (Å²) in [7, 11) is 1.46. The first-order chi connectivity index (χ1) is 20.2. The SMILES string of the molecule is COc1cc(CO)cc(I)c1O[C@H]1C=C(C(=O)NCCO)C[C@@H](N(CCc2cccc(F)c2)C(=O)C2CCOC2)[C@@H]1O. The molecule has 1 saturated heterocycles. The number of nitrogens with one attached hydrogen (secondary N) is 1. The second-order valence-corrected chi connectivity index (χ2v) is 11.4. The van der Waals surface area contributed by atoms with E-state index in [1.54, 1.807) is 29.2 Å². The Balaban J connectivity index is 1.69. The predicted octanol–water partition coefficient (Wildman–Crippen LogP) is 1.95. The Morgan fingerprint density at radius 2 is 2.02 bits per heavy atom. The van der Waals surface area contributed by atoms with Crippen molar-refractivity contribution in [2.75, 3.05) is 40.0 Å². The van der Waals surface area contributed by atoms with Gasteiger partial charge in [0.05, 0.1) is 42.5 Å². The first-order valence-electron chi connectivity index (χ1n) is 13.8. The molecule has 4 atom stereocenters. The molecule has 1 fully saturated rings. The summed E-state index contributed by atoms with van der Waals surface area (Å²) in [5.41, 5.74) is 1.59. The first-order valence-corrected chi connectivity index (χ1v) is 14.9. The van der Waals surface area contributed by atoms with Crippen LogP contribution in [0.3, 0.4) is 0 Å². The molecule has 42 heavy (non-hydrogen) atoms. The zero-order chi connectivity index (χ0) is 30.2. The van der Waals surface area contributed by atoms with Crippen molar-refractivity contribution in [3.05, 3.63) is 68.6 Å². The lowest BCUT2D eigenvalue weighted by Crippen LogP contribution is -2.56. The van der Waals surface area contributed by atoms with Crippen molar-refractivity contribution in [1.29, 1.82) is 0 Å². The molecule has 4 N–H and O–H groups in total. The predicted molar refractivity (Wildman–Crippen MR) is 159 cm³/mol. The third-order valence-electron chi connectivity index (χ3n) is 7.43. The van der Waals surface area contributed by atoms with Crippen LogP contribution in [0, 0.1) is 15.3 Å². The second-order valence-electron chi connectivity index (χ2n) is 10.3. The molecule has 2 amide bonds. The number of benzene rings is 2. The summed E-state index contributed by atoms with van der Waals surface area (Å²) in [5, 5.41) is 33.2. The molecule has 0 bridgehead atoms. The molecule has 2 aromatic rings.